The van der Waals surface area contributed by atoms with Gasteiger partial charge >= 0.3 is 0 Å². The van der Waals surface area contributed by atoms with Crippen LogP contribution in [0.5, 0.6) is 0 Å². The van der Waals surface area contributed by atoms with E-state index in [0.29, 0.717) is 24.0 Å². The minimum atomic E-state index is 0.00130. The number of benzene rings is 3. The first-order valence-corrected chi connectivity index (χ1v) is 12.1. The molecule has 0 radical (unpaired) electrons. The predicted octanol–water partition coefficient (Wildman–Crippen LogP) is 3.69. The summed E-state index contributed by atoms with van der Waals surface area (Å²) < 4.78 is 0. The lowest BCUT2D eigenvalue weighted by Gasteiger charge is -2.13. The van der Waals surface area contributed by atoms with Crippen LogP contribution in [-0.2, 0) is 13.2 Å². The molecule has 36 heavy (non-hydrogen) atoms. The second-order valence-electron chi connectivity index (χ2n) is 7.86. The van der Waals surface area contributed by atoms with E-state index in [0.717, 1.165) is 37.6 Å². The third kappa shape index (κ3) is 5.22. The molecule has 0 aliphatic rings. The van der Waals surface area contributed by atoms with Gasteiger partial charge in [-0.25, -0.2) is 15.8 Å². The van der Waals surface area contributed by atoms with Crippen molar-refractivity contribution in [3.05, 3.63) is 102 Å². The Hall–Kier alpha value is -4.20. The quantitative estimate of drug-likeness (QED) is 0.155. The van der Waals surface area contributed by atoms with E-state index in [2.05, 4.69) is 40.0 Å². The largest absolute Gasteiger partial charge is 0.392 e. The minimum absolute atomic E-state index is 0.00130. The number of hydrogen-bond donors (Lipinski definition) is 5. The van der Waals surface area contributed by atoms with Crippen molar-refractivity contribution < 1.29 is 10.4 Å². The van der Waals surface area contributed by atoms with Crippen molar-refractivity contribution in [2.45, 2.75) is 22.9 Å². The lowest BCUT2D eigenvalue weighted by atomic mass is 10.2. The standard InChI is InChI=1S/C27H23N7OS/c28-34-26-22(12-7-15-29-26)31-25-20-10-3-4-11-21(20)32-27(33-25)30-16-18-8-1-5-13-23(18)36-24-14-6-2-9-19(24)17-35/h1-6,8-11,13-15,35H,16-17,28H2,(H,29,34)(H2,30,31,32,33)/p+1. The van der Waals surface area contributed by atoms with Crippen LogP contribution >= 0.6 is 11.8 Å². The summed E-state index contributed by atoms with van der Waals surface area (Å²) in [5, 5.41) is 15.9. The molecule has 0 amide bonds. The SMILES string of the molecule is NNc1ncc#cc1[NH2+]c1nc(NCc2ccccc2Sc2ccccc2CO)nc2ccccc12. The molecule has 8 nitrogen and oxygen atoms in total. The molecular weight excluding hydrogens is 470 g/mol. The molecule has 0 saturated carbocycles. The maximum Gasteiger partial charge on any atom is 0.242 e. The van der Waals surface area contributed by atoms with Crippen molar-refractivity contribution >= 4 is 45.9 Å². The highest BCUT2D eigenvalue weighted by atomic mass is 32.2. The first-order valence-electron chi connectivity index (χ1n) is 11.3. The Morgan fingerprint density at radius 2 is 1.64 bits per heavy atom. The summed E-state index contributed by atoms with van der Waals surface area (Å²) in [6.45, 7) is 0.534. The number of nitrogens with one attached hydrogen (secondary N) is 2. The number of nitrogen functional groups attached to an aromatic ring is 1. The minimum Gasteiger partial charge on any atom is -0.392 e. The zero-order chi connectivity index (χ0) is 24.7. The number of para-hydroxylation sites is 1. The van der Waals surface area contributed by atoms with Crippen molar-refractivity contribution in [1.82, 2.24) is 15.0 Å². The third-order valence-electron chi connectivity index (χ3n) is 5.54. The number of fused-ring (bicyclic) bond motifs is 1. The highest BCUT2D eigenvalue weighted by molar-refractivity contribution is 7.99. The van der Waals surface area contributed by atoms with Gasteiger partial charge in [0.05, 0.1) is 23.7 Å². The van der Waals surface area contributed by atoms with E-state index in [1.54, 1.807) is 11.8 Å². The van der Waals surface area contributed by atoms with Crippen LogP contribution in [0.15, 0.2) is 88.8 Å². The van der Waals surface area contributed by atoms with Crippen LogP contribution < -0.4 is 21.9 Å². The summed E-state index contributed by atoms with van der Waals surface area (Å²) in [5.74, 6) is 7.33. The zero-order valence-corrected chi connectivity index (χ0v) is 20.1. The van der Waals surface area contributed by atoms with Crippen molar-refractivity contribution in [3.63, 3.8) is 0 Å². The van der Waals surface area contributed by atoms with Crippen LogP contribution in [0.4, 0.5) is 23.3 Å². The molecule has 5 aromatic rings. The molecule has 0 fully saturated rings. The molecule has 178 valence electrons. The molecule has 0 unspecified atom stereocenters. The summed E-state index contributed by atoms with van der Waals surface area (Å²) >= 11 is 1.63. The van der Waals surface area contributed by atoms with Crippen LogP contribution in [0.2, 0.25) is 0 Å². The number of nitrogens with two attached hydrogens (primary N) is 2. The third-order valence-corrected chi connectivity index (χ3v) is 6.78. The molecule has 2 aromatic heterocycles. The summed E-state index contributed by atoms with van der Waals surface area (Å²) in [7, 11) is 0. The van der Waals surface area contributed by atoms with Gasteiger partial charge in [-0.3, -0.25) is 5.32 Å². The maximum atomic E-state index is 9.70. The van der Waals surface area contributed by atoms with E-state index < -0.39 is 0 Å². The van der Waals surface area contributed by atoms with Gasteiger partial charge in [0, 0.05) is 22.4 Å². The Labute approximate surface area is 213 Å². The fourth-order valence-corrected chi connectivity index (χ4v) is 4.82. The molecule has 9 heteroatoms. The van der Waals surface area contributed by atoms with Gasteiger partial charge in [0.25, 0.3) is 0 Å². The lowest BCUT2D eigenvalue weighted by molar-refractivity contribution is -0.480. The van der Waals surface area contributed by atoms with Gasteiger partial charge < -0.3 is 15.8 Å². The first kappa shape index (κ1) is 23.5. The monoisotopic (exact) mass is 494 g/mol. The van der Waals surface area contributed by atoms with Crippen molar-refractivity contribution in [2.75, 3.05) is 10.7 Å². The second-order valence-corrected chi connectivity index (χ2v) is 8.94. The molecule has 0 aliphatic carbocycles. The van der Waals surface area contributed by atoms with Gasteiger partial charge in [0.1, 0.15) is 0 Å². The number of anilines is 2. The zero-order valence-electron chi connectivity index (χ0n) is 19.3. The molecule has 7 N–H and O–H groups in total. The Bertz CT molecular complexity index is 1490. The van der Waals surface area contributed by atoms with Crippen molar-refractivity contribution in [3.8, 4) is 0 Å². The molecule has 0 atom stereocenters. The molecule has 2 heterocycles. The molecule has 0 bridgehead atoms. The van der Waals surface area contributed by atoms with Crippen molar-refractivity contribution in [2.24, 2.45) is 5.84 Å². The smallest absolute Gasteiger partial charge is 0.242 e. The van der Waals surface area contributed by atoms with E-state index >= 15 is 0 Å². The lowest BCUT2D eigenvalue weighted by Crippen LogP contribution is -2.72. The number of hydrogen-bond acceptors (Lipinski definition) is 8. The number of aliphatic hydroxyl groups excluding tert-OH is 1. The van der Waals surface area contributed by atoms with Crippen LogP contribution in [0.1, 0.15) is 11.1 Å². The van der Waals surface area contributed by atoms with Crippen LogP contribution in [-0.4, -0.2) is 20.1 Å². The topological polar surface area (TPSA) is 126 Å². The van der Waals surface area contributed by atoms with E-state index in [1.807, 2.05) is 66.0 Å². The Kier molecular flexibility index (Phi) is 7.21. The van der Waals surface area contributed by atoms with E-state index in [1.165, 1.54) is 6.20 Å². The molecule has 0 saturated heterocycles. The molecule has 0 aliphatic heterocycles. The van der Waals surface area contributed by atoms with Crippen LogP contribution in [0.3, 0.4) is 0 Å². The average molecular weight is 495 g/mol. The Morgan fingerprint density at radius 1 is 0.917 bits per heavy atom. The number of aliphatic hydroxyl groups is 1. The number of quaternary nitrogens is 1. The molecule has 3 aromatic carbocycles. The fraction of sp³-hybridized carbons (Fsp3) is 0.0741. The fourth-order valence-electron chi connectivity index (χ4n) is 3.76. The summed E-state index contributed by atoms with van der Waals surface area (Å²) in [6.07, 6.45) is 1.51. The average Bonchev–Trinajstić information content (AvgIpc) is 2.93. The molecule has 5 rings (SSSR count). The van der Waals surface area contributed by atoms with Gasteiger partial charge in [-0.2, -0.15) is 4.98 Å². The summed E-state index contributed by atoms with van der Waals surface area (Å²) in [6, 6.07) is 29.8. The van der Waals surface area contributed by atoms with E-state index in [9.17, 15) is 5.11 Å². The Morgan fingerprint density at radius 3 is 2.44 bits per heavy atom. The first-order chi connectivity index (χ1) is 17.7. The molecular formula is C27H24N7OS+. The highest BCUT2D eigenvalue weighted by Gasteiger charge is 2.15. The number of rotatable bonds is 9. The number of nitrogens with zero attached hydrogens (tertiary/aromatic N) is 3. The number of hydrazine groups is 1. The van der Waals surface area contributed by atoms with Crippen LogP contribution in [0, 0.1) is 12.1 Å². The van der Waals surface area contributed by atoms with Gasteiger partial charge in [-0.1, -0.05) is 60.3 Å². The van der Waals surface area contributed by atoms with Gasteiger partial charge in [-0.05, 0) is 41.5 Å². The van der Waals surface area contributed by atoms with Crippen molar-refractivity contribution in [1.29, 1.82) is 0 Å². The van der Waals surface area contributed by atoms with Gasteiger partial charge in [0.15, 0.2) is 0 Å². The Balaban J connectivity index is 1.42. The second kappa shape index (κ2) is 11.0. The van der Waals surface area contributed by atoms with Gasteiger partial charge in [-0.15, -0.1) is 0 Å². The highest BCUT2D eigenvalue weighted by Crippen LogP contribution is 2.33. The van der Waals surface area contributed by atoms with E-state index in [-0.39, 0.29) is 6.61 Å². The van der Waals surface area contributed by atoms with Gasteiger partial charge in [0.2, 0.25) is 23.3 Å². The molecule has 0 spiro atoms. The maximum absolute atomic E-state index is 9.70. The van der Waals surface area contributed by atoms with E-state index in [4.69, 9.17) is 15.8 Å². The van der Waals surface area contributed by atoms with Crippen LogP contribution in [0.25, 0.3) is 10.9 Å². The number of aromatic nitrogens is 3. The predicted molar refractivity (Wildman–Crippen MR) is 141 cm³/mol. The summed E-state index contributed by atoms with van der Waals surface area (Å²) in [5.41, 5.74) is 6.06. The summed E-state index contributed by atoms with van der Waals surface area (Å²) in [4.78, 5) is 15.8. The normalized spacial score (nSPS) is 10.7.